The van der Waals surface area contributed by atoms with Gasteiger partial charge in [-0.1, -0.05) is 26.7 Å². The average molecular weight is 346 g/mol. The van der Waals surface area contributed by atoms with Crippen LogP contribution in [0, 0.1) is 0 Å². The van der Waals surface area contributed by atoms with Crippen LogP contribution in [0.3, 0.4) is 0 Å². The first-order valence-corrected chi connectivity index (χ1v) is 8.49. The Balaban J connectivity index is 5.23. The number of rotatable bonds is 13. The van der Waals surface area contributed by atoms with Crippen LogP contribution in [-0.4, -0.2) is 50.4 Å². The van der Waals surface area contributed by atoms with Crippen LogP contribution >= 0.6 is 0 Å². The number of hydrogen-bond donors (Lipinski definition) is 0. The standard InChI is InChI=1S/C17H30O7/c1-5-8-10-23-15(19)13-17(12-14(18)21-4,16(20)22-7-3)24-11-9-6-2/h5-13H2,1-4H3. The summed E-state index contributed by atoms with van der Waals surface area (Å²) in [6, 6.07) is 0. The van der Waals surface area contributed by atoms with Gasteiger partial charge in [-0.2, -0.15) is 0 Å². The average Bonchev–Trinajstić information content (AvgIpc) is 2.55. The minimum absolute atomic E-state index is 0.115. The predicted octanol–water partition coefficient (Wildman–Crippen LogP) is 2.40. The second kappa shape index (κ2) is 12.8. The molecule has 0 N–H and O–H groups in total. The fourth-order valence-electron chi connectivity index (χ4n) is 1.96. The molecule has 0 saturated carbocycles. The molecule has 0 aliphatic carbocycles. The topological polar surface area (TPSA) is 88.1 Å². The van der Waals surface area contributed by atoms with E-state index >= 15 is 0 Å². The van der Waals surface area contributed by atoms with E-state index in [4.69, 9.17) is 14.2 Å². The quantitative estimate of drug-likeness (QED) is 0.287. The molecule has 1 atom stereocenters. The Bertz CT molecular complexity index is 394. The minimum Gasteiger partial charge on any atom is -0.469 e. The maximum absolute atomic E-state index is 12.4. The van der Waals surface area contributed by atoms with Gasteiger partial charge in [0.25, 0.3) is 0 Å². The van der Waals surface area contributed by atoms with Crippen molar-refractivity contribution in [3.8, 4) is 0 Å². The summed E-state index contributed by atoms with van der Waals surface area (Å²) in [5, 5.41) is 0. The molecule has 1 unspecified atom stereocenters. The molecule has 0 aromatic heterocycles. The summed E-state index contributed by atoms with van der Waals surface area (Å²) in [6.07, 6.45) is 2.37. The molecular formula is C17H30O7. The molecule has 0 heterocycles. The van der Waals surface area contributed by atoms with Gasteiger partial charge in [-0.25, -0.2) is 4.79 Å². The van der Waals surface area contributed by atoms with Crippen LogP contribution in [0.4, 0.5) is 0 Å². The van der Waals surface area contributed by atoms with E-state index in [0.717, 1.165) is 19.3 Å². The van der Waals surface area contributed by atoms with Gasteiger partial charge in [-0.3, -0.25) is 9.59 Å². The van der Waals surface area contributed by atoms with E-state index in [1.165, 1.54) is 7.11 Å². The molecule has 0 rings (SSSR count). The lowest BCUT2D eigenvalue weighted by Gasteiger charge is -2.29. The summed E-state index contributed by atoms with van der Waals surface area (Å²) < 4.78 is 20.4. The Labute approximate surface area is 144 Å². The third-order valence-corrected chi connectivity index (χ3v) is 3.37. The van der Waals surface area contributed by atoms with Gasteiger partial charge in [0, 0.05) is 6.61 Å². The summed E-state index contributed by atoms with van der Waals surface area (Å²) in [6.45, 7) is 6.20. The largest absolute Gasteiger partial charge is 0.469 e. The molecule has 0 saturated heterocycles. The zero-order chi connectivity index (χ0) is 18.4. The lowest BCUT2D eigenvalue weighted by Crippen LogP contribution is -2.47. The van der Waals surface area contributed by atoms with Gasteiger partial charge < -0.3 is 18.9 Å². The maximum atomic E-state index is 12.4. The molecule has 24 heavy (non-hydrogen) atoms. The number of ether oxygens (including phenoxy) is 4. The molecule has 0 aliphatic heterocycles. The van der Waals surface area contributed by atoms with Crippen LogP contribution in [0.1, 0.15) is 59.3 Å². The fraction of sp³-hybridized carbons (Fsp3) is 0.824. The highest BCUT2D eigenvalue weighted by Gasteiger charge is 2.46. The van der Waals surface area contributed by atoms with Crippen LogP contribution in [-0.2, 0) is 33.3 Å². The van der Waals surface area contributed by atoms with E-state index in [1.54, 1.807) is 6.92 Å². The molecule has 0 aromatic rings. The third kappa shape index (κ3) is 8.29. The third-order valence-electron chi connectivity index (χ3n) is 3.37. The number of hydrogen-bond acceptors (Lipinski definition) is 7. The zero-order valence-corrected chi connectivity index (χ0v) is 15.2. The molecule has 0 fully saturated rings. The molecule has 0 aliphatic rings. The van der Waals surface area contributed by atoms with E-state index in [-0.39, 0.29) is 26.2 Å². The SMILES string of the molecule is CCCCOC(=O)CC(CC(=O)OC)(OCCCC)C(=O)OCC. The van der Waals surface area contributed by atoms with Crippen LogP contribution < -0.4 is 0 Å². The molecule has 0 aromatic carbocycles. The van der Waals surface area contributed by atoms with Crippen molar-refractivity contribution in [3.63, 3.8) is 0 Å². The van der Waals surface area contributed by atoms with Gasteiger partial charge in [-0.15, -0.1) is 0 Å². The minimum atomic E-state index is -1.71. The Morgan fingerprint density at radius 3 is 1.96 bits per heavy atom. The van der Waals surface area contributed by atoms with Gasteiger partial charge >= 0.3 is 17.9 Å². The van der Waals surface area contributed by atoms with Crippen molar-refractivity contribution in [2.45, 2.75) is 64.9 Å². The van der Waals surface area contributed by atoms with Crippen molar-refractivity contribution in [1.82, 2.24) is 0 Å². The van der Waals surface area contributed by atoms with E-state index in [9.17, 15) is 14.4 Å². The van der Waals surface area contributed by atoms with Crippen LogP contribution in [0.5, 0.6) is 0 Å². The smallest absolute Gasteiger partial charge is 0.339 e. The maximum Gasteiger partial charge on any atom is 0.339 e. The summed E-state index contributed by atoms with van der Waals surface area (Å²) >= 11 is 0. The Morgan fingerprint density at radius 1 is 0.833 bits per heavy atom. The molecule has 140 valence electrons. The Hall–Kier alpha value is -1.63. The molecule has 0 radical (unpaired) electrons. The van der Waals surface area contributed by atoms with Gasteiger partial charge in [0.2, 0.25) is 0 Å². The summed E-state index contributed by atoms with van der Waals surface area (Å²) in [5.41, 5.74) is -1.71. The van der Waals surface area contributed by atoms with Gasteiger partial charge in [0.15, 0.2) is 5.60 Å². The lowest BCUT2D eigenvalue weighted by molar-refractivity contribution is -0.185. The highest BCUT2D eigenvalue weighted by atomic mass is 16.6. The summed E-state index contributed by atoms with van der Waals surface area (Å²) in [7, 11) is 1.21. The van der Waals surface area contributed by atoms with Gasteiger partial charge in [0.05, 0.1) is 33.2 Å². The Kier molecular flexibility index (Phi) is 11.9. The zero-order valence-electron chi connectivity index (χ0n) is 15.2. The first kappa shape index (κ1) is 22.4. The monoisotopic (exact) mass is 346 g/mol. The predicted molar refractivity (Wildman–Crippen MR) is 87.3 cm³/mol. The van der Waals surface area contributed by atoms with Gasteiger partial charge in [-0.05, 0) is 19.8 Å². The molecule has 7 nitrogen and oxygen atoms in total. The van der Waals surface area contributed by atoms with Crippen molar-refractivity contribution >= 4 is 17.9 Å². The number of carbonyl (C=O) groups excluding carboxylic acids is 3. The van der Waals surface area contributed by atoms with Crippen molar-refractivity contribution in [1.29, 1.82) is 0 Å². The highest BCUT2D eigenvalue weighted by Crippen LogP contribution is 2.25. The highest BCUT2D eigenvalue weighted by molar-refractivity contribution is 5.90. The van der Waals surface area contributed by atoms with E-state index in [1.807, 2.05) is 13.8 Å². The number of esters is 3. The van der Waals surface area contributed by atoms with E-state index in [2.05, 4.69) is 4.74 Å². The number of unbranched alkanes of at least 4 members (excludes halogenated alkanes) is 2. The molecule has 0 bridgehead atoms. The van der Waals surface area contributed by atoms with E-state index < -0.39 is 29.9 Å². The lowest BCUT2D eigenvalue weighted by atomic mass is 9.95. The normalized spacial score (nSPS) is 13.0. The molecular weight excluding hydrogens is 316 g/mol. The first-order chi connectivity index (χ1) is 11.5. The van der Waals surface area contributed by atoms with Crippen LogP contribution in [0.25, 0.3) is 0 Å². The molecule has 7 heteroatoms. The van der Waals surface area contributed by atoms with Crippen molar-refractivity contribution in [2.75, 3.05) is 26.9 Å². The number of methoxy groups -OCH3 is 1. The van der Waals surface area contributed by atoms with Gasteiger partial charge in [0.1, 0.15) is 0 Å². The van der Waals surface area contributed by atoms with Crippen molar-refractivity contribution in [2.24, 2.45) is 0 Å². The van der Waals surface area contributed by atoms with Crippen molar-refractivity contribution in [3.05, 3.63) is 0 Å². The van der Waals surface area contributed by atoms with Crippen LogP contribution in [0.15, 0.2) is 0 Å². The number of carbonyl (C=O) groups is 3. The Morgan fingerprint density at radius 2 is 1.42 bits per heavy atom. The molecule has 0 amide bonds. The van der Waals surface area contributed by atoms with Crippen molar-refractivity contribution < 1.29 is 33.3 Å². The molecule has 0 spiro atoms. The summed E-state index contributed by atoms with van der Waals surface area (Å²) in [4.78, 5) is 36.2. The van der Waals surface area contributed by atoms with Crippen LogP contribution in [0.2, 0.25) is 0 Å². The first-order valence-electron chi connectivity index (χ1n) is 8.49. The second-order valence-electron chi connectivity index (χ2n) is 5.42. The second-order valence-corrected chi connectivity index (χ2v) is 5.42. The fourth-order valence-corrected chi connectivity index (χ4v) is 1.96. The summed E-state index contributed by atoms with van der Waals surface area (Å²) in [5.74, 6) is -2.00. The van der Waals surface area contributed by atoms with E-state index in [0.29, 0.717) is 6.42 Å².